The summed E-state index contributed by atoms with van der Waals surface area (Å²) in [4.78, 5) is 8.58. The van der Waals surface area contributed by atoms with Gasteiger partial charge in [-0.2, -0.15) is 5.26 Å². The SMILES string of the molecule is Cc1cc(C#N)nc(NC2CCCC(C)C2C)n1. The normalized spacial score (nSPS) is 27.6. The van der Waals surface area contributed by atoms with E-state index in [4.69, 9.17) is 5.26 Å². The second-order valence-corrected chi connectivity index (χ2v) is 5.35. The van der Waals surface area contributed by atoms with Gasteiger partial charge >= 0.3 is 0 Å². The molecule has 0 amide bonds. The summed E-state index contributed by atoms with van der Waals surface area (Å²) < 4.78 is 0. The Morgan fingerprint density at radius 2 is 2.11 bits per heavy atom. The van der Waals surface area contributed by atoms with E-state index >= 15 is 0 Å². The molecule has 1 heterocycles. The fourth-order valence-corrected chi connectivity index (χ4v) is 2.64. The van der Waals surface area contributed by atoms with Crippen LogP contribution in [0.3, 0.4) is 0 Å². The van der Waals surface area contributed by atoms with Crippen molar-refractivity contribution in [2.24, 2.45) is 11.8 Å². The Bertz CT molecular complexity index is 463. The molecule has 1 saturated carbocycles. The molecule has 1 aliphatic rings. The Balaban J connectivity index is 2.13. The molecule has 1 aliphatic carbocycles. The average Bonchev–Trinajstić information content (AvgIpc) is 2.34. The number of anilines is 1. The molecule has 0 spiro atoms. The Hall–Kier alpha value is -1.63. The summed E-state index contributed by atoms with van der Waals surface area (Å²) in [7, 11) is 0. The first kappa shape index (κ1) is 12.8. The number of rotatable bonds is 2. The monoisotopic (exact) mass is 244 g/mol. The van der Waals surface area contributed by atoms with Gasteiger partial charge in [0, 0.05) is 11.7 Å². The molecule has 18 heavy (non-hydrogen) atoms. The van der Waals surface area contributed by atoms with Crippen molar-refractivity contribution in [2.45, 2.75) is 46.1 Å². The van der Waals surface area contributed by atoms with Gasteiger partial charge in [-0.25, -0.2) is 9.97 Å². The standard InChI is InChI=1S/C14H20N4/c1-9-5-4-6-13(11(9)3)18-14-16-10(2)7-12(8-15)17-14/h7,9,11,13H,4-6H2,1-3H3,(H,16,17,18). The maximum atomic E-state index is 8.92. The summed E-state index contributed by atoms with van der Waals surface area (Å²) >= 11 is 0. The topological polar surface area (TPSA) is 61.6 Å². The molecule has 2 rings (SSSR count). The van der Waals surface area contributed by atoms with Crippen LogP contribution in [-0.4, -0.2) is 16.0 Å². The molecule has 1 fully saturated rings. The fourth-order valence-electron chi connectivity index (χ4n) is 2.64. The minimum Gasteiger partial charge on any atom is -0.351 e. The maximum absolute atomic E-state index is 8.92. The second kappa shape index (κ2) is 5.34. The van der Waals surface area contributed by atoms with Gasteiger partial charge in [0.1, 0.15) is 11.8 Å². The summed E-state index contributed by atoms with van der Waals surface area (Å²) in [5.41, 5.74) is 1.27. The molecule has 96 valence electrons. The van der Waals surface area contributed by atoms with Gasteiger partial charge in [0.05, 0.1) is 0 Å². The molecule has 3 unspecified atom stereocenters. The lowest BCUT2D eigenvalue weighted by molar-refractivity contribution is 0.252. The maximum Gasteiger partial charge on any atom is 0.224 e. The number of aromatic nitrogens is 2. The zero-order chi connectivity index (χ0) is 13.1. The minimum atomic E-state index is 0.419. The van der Waals surface area contributed by atoms with Gasteiger partial charge < -0.3 is 5.32 Å². The average molecular weight is 244 g/mol. The Kier molecular flexibility index (Phi) is 3.81. The Morgan fingerprint density at radius 1 is 1.33 bits per heavy atom. The van der Waals surface area contributed by atoms with E-state index in [1.807, 2.05) is 6.92 Å². The summed E-state index contributed by atoms with van der Waals surface area (Å²) in [6.07, 6.45) is 3.71. The first-order valence-electron chi connectivity index (χ1n) is 6.62. The van der Waals surface area contributed by atoms with Crippen LogP contribution in [0.2, 0.25) is 0 Å². The highest BCUT2D eigenvalue weighted by molar-refractivity contribution is 5.34. The van der Waals surface area contributed by atoms with Gasteiger partial charge in [-0.15, -0.1) is 0 Å². The number of aryl methyl sites for hydroxylation is 1. The van der Waals surface area contributed by atoms with E-state index in [0.717, 1.165) is 18.0 Å². The van der Waals surface area contributed by atoms with E-state index in [2.05, 4.69) is 35.2 Å². The van der Waals surface area contributed by atoms with Crippen molar-refractivity contribution < 1.29 is 0 Å². The number of nitrogens with one attached hydrogen (secondary N) is 1. The van der Waals surface area contributed by atoms with Crippen molar-refractivity contribution in [1.29, 1.82) is 5.26 Å². The van der Waals surface area contributed by atoms with Crippen LogP contribution in [0.4, 0.5) is 5.95 Å². The molecule has 0 bridgehead atoms. The van der Waals surface area contributed by atoms with Crippen LogP contribution < -0.4 is 5.32 Å². The third-order valence-electron chi connectivity index (χ3n) is 3.99. The lowest BCUT2D eigenvalue weighted by Crippen LogP contribution is -2.35. The Morgan fingerprint density at radius 3 is 2.83 bits per heavy atom. The molecule has 1 aromatic rings. The van der Waals surface area contributed by atoms with Crippen molar-refractivity contribution in [3.63, 3.8) is 0 Å². The van der Waals surface area contributed by atoms with Crippen LogP contribution in [0.1, 0.15) is 44.5 Å². The Labute approximate surface area is 108 Å². The molecule has 4 heteroatoms. The van der Waals surface area contributed by atoms with Crippen molar-refractivity contribution in [3.8, 4) is 6.07 Å². The molecule has 3 atom stereocenters. The van der Waals surface area contributed by atoms with E-state index in [1.54, 1.807) is 6.07 Å². The molecule has 0 aliphatic heterocycles. The molecule has 0 aromatic carbocycles. The second-order valence-electron chi connectivity index (χ2n) is 5.35. The largest absolute Gasteiger partial charge is 0.351 e. The lowest BCUT2D eigenvalue weighted by atomic mass is 9.78. The highest BCUT2D eigenvalue weighted by Crippen LogP contribution is 2.31. The van der Waals surface area contributed by atoms with Gasteiger partial charge in [0.15, 0.2) is 0 Å². The van der Waals surface area contributed by atoms with Gasteiger partial charge in [-0.1, -0.05) is 26.7 Å². The summed E-state index contributed by atoms with van der Waals surface area (Å²) in [5.74, 6) is 1.95. The molecular weight excluding hydrogens is 224 g/mol. The summed E-state index contributed by atoms with van der Waals surface area (Å²) in [6.45, 7) is 6.47. The minimum absolute atomic E-state index is 0.419. The van der Waals surface area contributed by atoms with Crippen molar-refractivity contribution >= 4 is 5.95 Å². The van der Waals surface area contributed by atoms with E-state index in [-0.39, 0.29) is 0 Å². The van der Waals surface area contributed by atoms with Crippen LogP contribution in [0, 0.1) is 30.1 Å². The third-order valence-corrected chi connectivity index (χ3v) is 3.99. The van der Waals surface area contributed by atoms with Gasteiger partial charge in [-0.3, -0.25) is 0 Å². The molecule has 0 saturated heterocycles. The number of nitriles is 1. The van der Waals surface area contributed by atoms with Gasteiger partial charge in [0.2, 0.25) is 5.95 Å². The fraction of sp³-hybridized carbons (Fsp3) is 0.643. The predicted octanol–water partition coefficient (Wildman–Crippen LogP) is 2.89. The summed E-state index contributed by atoms with van der Waals surface area (Å²) in [5, 5.41) is 12.3. The zero-order valence-corrected chi connectivity index (χ0v) is 11.3. The van der Waals surface area contributed by atoms with Gasteiger partial charge in [-0.05, 0) is 31.2 Å². The highest BCUT2D eigenvalue weighted by Gasteiger charge is 2.27. The predicted molar refractivity (Wildman–Crippen MR) is 71.1 cm³/mol. The van der Waals surface area contributed by atoms with Crippen molar-refractivity contribution in [3.05, 3.63) is 17.5 Å². The van der Waals surface area contributed by atoms with Crippen molar-refractivity contribution in [2.75, 3.05) is 5.32 Å². The zero-order valence-electron chi connectivity index (χ0n) is 11.3. The van der Waals surface area contributed by atoms with Gasteiger partial charge in [0.25, 0.3) is 0 Å². The third kappa shape index (κ3) is 2.79. The number of nitrogens with zero attached hydrogens (tertiary/aromatic N) is 3. The van der Waals surface area contributed by atoms with Crippen LogP contribution in [0.25, 0.3) is 0 Å². The highest BCUT2D eigenvalue weighted by atomic mass is 15.1. The van der Waals surface area contributed by atoms with Crippen LogP contribution in [0.5, 0.6) is 0 Å². The van der Waals surface area contributed by atoms with E-state index < -0.39 is 0 Å². The molecule has 1 N–H and O–H groups in total. The first-order valence-corrected chi connectivity index (χ1v) is 6.62. The quantitative estimate of drug-likeness (QED) is 0.869. The van der Waals surface area contributed by atoms with Crippen LogP contribution in [0.15, 0.2) is 6.07 Å². The summed E-state index contributed by atoms with van der Waals surface area (Å²) in [6, 6.07) is 4.20. The number of hydrogen-bond donors (Lipinski definition) is 1. The first-order chi connectivity index (χ1) is 8.60. The van der Waals surface area contributed by atoms with E-state index in [9.17, 15) is 0 Å². The molecular formula is C14H20N4. The molecule has 0 radical (unpaired) electrons. The van der Waals surface area contributed by atoms with E-state index in [1.165, 1.54) is 12.8 Å². The van der Waals surface area contributed by atoms with Crippen molar-refractivity contribution in [1.82, 2.24) is 9.97 Å². The van der Waals surface area contributed by atoms with Crippen LogP contribution in [-0.2, 0) is 0 Å². The number of hydrogen-bond acceptors (Lipinski definition) is 4. The molecule has 1 aromatic heterocycles. The smallest absolute Gasteiger partial charge is 0.224 e. The van der Waals surface area contributed by atoms with E-state index in [0.29, 0.717) is 23.6 Å². The lowest BCUT2D eigenvalue weighted by Gasteiger charge is -2.34. The van der Waals surface area contributed by atoms with Crippen LogP contribution >= 0.6 is 0 Å². The molecule has 4 nitrogen and oxygen atoms in total.